The molecule has 2 aromatic rings. The zero-order valence-electron chi connectivity index (χ0n) is 20.7. The molecule has 37 heavy (non-hydrogen) atoms. The van der Waals surface area contributed by atoms with Crippen LogP contribution < -0.4 is 10.6 Å². The first-order valence-corrected chi connectivity index (χ1v) is 14.7. The van der Waals surface area contributed by atoms with Crippen molar-refractivity contribution in [3.8, 4) is 0 Å². The standard InChI is InChI=1S/C26H32N4O4S3/c1-26-15-33-17-28-20(11-18-7-3-2-4-8-18)25(32)34-19(9-5-6-10-35)12-22(31)27-13-23-29-21(14-36-23)24(30-26)37-16-26/h2-5,7-9,14,19-20,28,35H,6,10-13,15-17H2,1H3,(H,27,31)/b9-5+/t19-,20+,26-/m1/s1. The maximum Gasteiger partial charge on any atom is 0.324 e. The number of hydrogen-bond acceptors (Lipinski definition) is 10. The third-order valence-corrected chi connectivity index (χ3v) is 8.26. The van der Waals surface area contributed by atoms with Crippen molar-refractivity contribution < 1.29 is 19.1 Å². The third-order valence-electron chi connectivity index (χ3n) is 5.81. The lowest BCUT2D eigenvalue weighted by atomic mass is 10.1. The Morgan fingerprint density at radius 1 is 1.27 bits per heavy atom. The number of allylic oxidation sites excluding steroid dienone is 1. The zero-order chi connectivity index (χ0) is 26.1. The molecule has 2 N–H and O–H groups in total. The van der Waals surface area contributed by atoms with Gasteiger partial charge in [0.05, 0.1) is 31.8 Å². The fraction of sp³-hybridized carbons (Fsp3) is 0.462. The predicted octanol–water partition coefficient (Wildman–Crippen LogP) is 3.38. The predicted molar refractivity (Wildman–Crippen MR) is 151 cm³/mol. The molecule has 8 nitrogen and oxygen atoms in total. The minimum atomic E-state index is -0.695. The molecule has 1 aromatic carbocycles. The molecular weight excluding hydrogens is 529 g/mol. The van der Waals surface area contributed by atoms with Crippen LogP contribution in [0.1, 0.15) is 36.0 Å². The number of nitrogens with zero attached hydrogens (tertiary/aromatic N) is 2. The number of ether oxygens (including phenoxy) is 2. The van der Waals surface area contributed by atoms with Crippen LogP contribution in [0.25, 0.3) is 0 Å². The van der Waals surface area contributed by atoms with Crippen LogP contribution in [0.2, 0.25) is 0 Å². The average molecular weight is 561 g/mol. The van der Waals surface area contributed by atoms with Crippen LogP contribution in [0.3, 0.4) is 0 Å². The lowest BCUT2D eigenvalue weighted by Gasteiger charge is -2.23. The largest absolute Gasteiger partial charge is 0.456 e. The highest BCUT2D eigenvalue weighted by Gasteiger charge is 2.33. The van der Waals surface area contributed by atoms with Gasteiger partial charge in [0.15, 0.2) is 0 Å². The molecule has 0 radical (unpaired) electrons. The van der Waals surface area contributed by atoms with Crippen LogP contribution >= 0.6 is 35.7 Å². The number of aromatic nitrogens is 1. The molecule has 198 valence electrons. The summed E-state index contributed by atoms with van der Waals surface area (Å²) in [5, 5.41) is 9.75. The van der Waals surface area contributed by atoms with Crippen molar-refractivity contribution in [1.82, 2.24) is 15.6 Å². The first kappa shape index (κ1) is 27.8. The number of aliphatic imine (C=N–C) groups is 1. The van der Waals surface area contributed by atoms with E-state index in [0.29, 0.717) is 31.7 Å². The molecule has 2 aliphatic heterocycles. The molecule has 4 bridgehead atoms. The van der Waals surface area contributed by atoms with Gasteiger partial charge in [-0.2, -0.15) is 12.6 Å². The number of esters is 1. The van der Waals surface area contributed by atoms with Crippen molar-refractivity contribution in [2.45, 2.75) is 50.4 Å². The molecule has 0 aliphatic carbocycles. The monoisotopic (exact) mass is 560 g/mol. The first-order valence-electron chi connectivity index (χ1n) is 12.2. The smallest absolute Gasteiger partial charge is 0.324 e. The molecule has 3 atom stereocenters. The highest BCUT2D eigenvalue weighted by atomic mass is 32.2. The maximum absolute atomic E-state index is 13.3. The van der Waals surface area contributed by atoms with Gasteiger partial charge in [0, 0.05) is 11.1 Å². The molecule has 11 heteroatoms. The van der Waals surface area contributed by atoms with Gasteiger partial charge in [0.1, 0.15) is 27.9 Å². The summed E-state index contributed by atoms with van der Waals surface area (Å²) in [7, 11) is 0. The second kappa shape index (κ2) is 13.6. The van der Waals surface area contributed by atoms with E-state index in [4.69, 9.17) is 14.5 Å². The van der Waals surface area contributed by atoms with E-state index in [1.807, 2.05) is 41.8 Å². The topological polar surface area (TPSA) is 102 Å². The van der Waals surface area contributed by atoms with Gasteiger partial charge in [-0.15, -0.1) is 23.1 Å². The van der Waals surface area contributed by atoms with Gasteiger partial charge in [-0.25, -0.2) is 4.98 Å². The van der Waals surface area contributed by atoms with Gasteiger partial charge in [0.25, 0.3) is 0 Å². The van der Waals surface area contributed by atoms with E-state index in [9.17, 15) is 9.59 Å². The van der Waals surface area contributed by atoms with E-state index in [1.165, 1.54) is 11.3 Å². The number of rotatable bonds is 5. The summed E-state index contributed by atoms with van der Waals surface area (Å²) in [6, 6.07) is 9.10. The van der Waals surface area contributed by atoms with Crippen LogP contribution in [0.4, 0.5) is 0 Å². The molecule has 1 aromatic heterocycles. The van der Waals surface area contributed by atoms with Crippen molar-refractivity contribution in [2.75, 3.05) is 24.8 Å². The van der Waals surface area contributed by atoms with E-state index in [-0.39, 0.29) is 24.6 Å². The van der Waals surface area contributed by atoms with Crippen LogP contribution in [-0.4, -0.2) is 64.4 Å². The van der Waals surface area contributed by atoms with E-state index in [0.717, 1.165) is 27.1 Å². The second-order valence-corrected chi connectivity index (χ2v) is 11.5. The van der Waals surface area contributed by atoms with Gasteiger partial charge >= 0.3 is 5.97 Å². The first-order chi connectivity index (χ1) is 17.9. The van der Waals surface area contributed by atoms with Crippen LogP contribution in [-0.2, 0) is 32.0 Å². The molecule has 2 aliphatic rings. The molecule has 4 rings (SSSR count). The lowest BCUT2D eigenvalue weighted by Crippen LogP contribution is -2.43. The van der Waals surface area contributed by atoms with Gasteiger partial charge in [0.2, 0.25) is 5.91 Å². The summed E-state index contributed by atoms with van der Waals surface area (Å²) in [5.41, 5.74) is 1.43. The number of benzene rings is 1. The molecular formula is C26H32N4O4S3. The Balaban J connectivity index is 1.54. The fourth-order valence-corrected chi connectivity index (χ4v) is 5.96. The minimum absolute atomic E-state index is 0.0164. The molecule has 0 saturated heterocycles. The number of cyclic esters (lactones) is 1. The van der Waals surface area contributed by atoms with Gasteiger partial charge in [-0.1, -0.05) is 36.4 Å². The number of thiol groups is 1. The van der Waals surface area contributed by atoms with E-state index in [1.54, 1.807) is 17.8 Å². The highest BCUT2D eigenvalue weighted by Crippen LogP contribution is 2.31. The molecule has 0 unspecified atom stereocenters. The number of carbonyl (C=O) groups excluding carboxylic acids is 2. The number of thiazole rings is 1. The van der Waals surface area contributed by atoms with Crippen molar-refractivity contribution in [3.63, 3.8) is 0 Å². The lowest BCUT2D eigenvalue weighted by molar-refractivity contribution is -0.151. The summed E-state index contributed by atoms with van der Waals surface area (Å²) in [4.78, 5) is 35.5. The van der Waals surface area contributed by atoms with E-state index in [2.05, 4.69) is 35.2 Å². The van der Waals surface area contributed by atoms with Crippen LogP contribution in [0.5, 0.6) is 0 Å². The Hall–Kier alpha value is -2.18. The number of carbonyl (C=O) groups is 2. The SMILES string of the molecule is C[C@]12COCN[C@@H](Cc3ccccc3)C(=O)O[C@H](/C=C/CCS)CC(=O)NCc3nc(cs3)C(=N1)SC2. The molecule has 3 heterocycles. The van der Waals surface area contributed by atoms with E-state index < -0.39 is 18.1 Å². The Morgan fingerprint density at radius 3 is 2.92 bits per heavy atom. The average Bonchev–Trinajstić information content (AvgIpc) is 3.52. The minimum Gasteiger partial charge on any atom is -0.456 e. The molecule has 0 saturated carbocycles. The summed E-state index contributed by atoms with van der Waals surface area (Å²) < 4.78 is 11.8. The summed E-state index contributed by atoms with van der Waals surface area (Å²) in [6.45, 7) is 2.93. The van der Waals surface area contributed by atoms with Crippen molar-refractivity contribution in [3.05, 3.63) is 64.1 Å². The number of amides is 1. The van der Waals surface area contributed by atoms with Crippen LogP contribution in [0.15, 0.2) is 52.9 Å². The normalized spacial score (nSPS) is 25.7. The maximum atomic E-state index is 13.3. The van der Waals surface area contributed by atoms with Crippen molar-refractivity contribution >= 4 is 52.6 Å². The van der Waals surface area contributed by atoms with Gasteiger partial charge in [-0.3, -0.25) is 19.9 Å². The summed E-state index contributed by atoms with van der Waals surface area (Å²) in [5.74, 6) is 0.784. The number of thioether (sulfide) groups is 1. The van der Waals surface area contributed by atoms with E-state index >= 15 is 0 Å². The number of fused-ring (bicyclic) bond motifs is 4. The highest BCUT2D eigenvalue weighted by molar-refractivity contribution is 8.14. The summed E-state index contributed by atoms with van der Waals surface area (Å²) in [6.07, 6.45) is 4.11. The third kappa shape index (κ3) is 8.41. The summed E-state index contributed by atoms with van der Waals surface area (Å²) >= 11 is 7.37. The molecule has 1 amide bonds. The second-order valence-electron chi connectivity index (χ2n) is 9.16. The Morgan fingerprint density at radius 2 is 2.11 bits per heavy atom. The number of hydrogen-bond donors (Lipinski definition) is 3. The van der Waals surface area contributed by atoms with Crippen LogP contribution in [0, 0.1) is 0 Å². The van der Waals surface area contributed by atoms with Crippen molar-refractivity contribution in [1.29, 1.82) is 0 Å². The van der Waals surface area contributed by atoms with Gasteiger partial charge in [-0.05, 0) is 37.2 Å². The Labute approximate surface area is 231 Å². The molecule has 0 fully saturated rings. The van der Waals surface area contributed by atoms with Crippen molar-refractivity contribution in [2.24, 2.45) is 4.99 Å². The Bertz CT molecular complexity index is 1120. The van der Waals surface area contributed by atoms with Gasteiger partial charge < -0.3 is 14.8 Å². The number of nitrogens with one attached hydrogen (secondary N) is 2. The Kier molecular flexibility index (Phi) is 10.2. The quantitative estimate of drug-likeness (QED) is 0.293. The molecule has 0 spiro atoms. The zero-order valence-corrected chi connectivity index (χ0v) is 23.2. The fourth-order valence-electron chi connectivity index (χ4n) is 3.88.